The fourth-order valence-corrected chi connectivity index (χ4v) is 3.23. The SMILES string of the molecule is CCN(CC)c1ccc(CNn2c(-c3ccccc3OC)n[nH]c2=S)cc1. The summed E-state index contributed by atoms with van der Waals surface area (Å²) in [7, 11) is 1.65. The van der Waals surface area contributed by atoms with Gasteiger partial charge in [0.15, 0.2) is 5.82 Å². The van der Waals surface area contributed by atoms with Gasteiger partial charge in [0.1, 0.15) is 5.75 Å². The minimum absolute atomic E-state index is 0.510. The second-order valence-electron chi connectivity index (χ2n) is 6.06. The van der Waals surface area contributed by atoms with Gasteiger partial charge in [0.05, 0.1) is 19.2 Å². The highest BCUT2D eigenvalue weighted by Gasteiger charge is 2.13. The molecule has 6 nitrogen and oxygen atoms in total. The molecule has 0 aliphatic heterocycles. The normalized spacial score (nSPS) is 10.6. The highest BCUT2D eigenvalue weighted by Crippen LogP contribution is 2.27. The zero-order valence-electron chi connectivity index (χ0n) is 15.9. The van der Waals surface area contributed by atoms with Gasteiger partial charge in [-0.2, -0.15) is 5.10 Å². The van der Waals surface area contributed by atoms with Gasteiger partial charge in [-0.15, -0.1) is 0 Å². The van der Waals surface area contributed by atoms with Crippen molar-refractivity contribution in [2.45, 2.75) is 20.4 Å². The Labute approximate surface area is 164 Å². The summed E-state index contributed by atoms with van der Waals surface area (Å²) in [5, 5.41) is 7.22. The highest BCUT2D eigenvalue weighted by molar-refractivity contribution is 7.71. The van der Waals surface area contributed by atoms with Crippen molar-refractivity contribution in [2.75, 3.05) is 30.5 Å². The van der Waals surface area contributed by atoms with Crippen LogP contribution in [0.15, 0.2) is 48.5 Å². The van der Waals surface area contributed by atoms with Crippen LogP contribution < -0.4 is 15.1 Å². The number of nitrogens with zero attached hydrogens (tertiary/aromatic N) is 3. The van der Waals surface area contributed by atoms with Crippen molar-refractivity contribution in [3.8, 4) is 17.1 Å². The van der Waals surface area contributed by atoms with Crippen molar-refractivity contribution in [3.05, 3.63) is 58.9 Å². The molecule has 7 heteroatoms. The molecule has 0 amide bonds. The molecule has 2 N–H and O–H groups in total. The molecule has 0 bridgehead atoms. The number of aromatic nitrogens is 3. The van der Waals surface area contributed by atoms with Gasteiger partial charge in [-0.25, -0.2) is 9.77 Å². The van der Waals surface area contributed by atoms with Gasteiger partial charge in [0.25, 0.3) is 0 Å². The van der Waals surface area contributed by atoms with Crippen LogP contribution >= 0.6 is 12.2 Å². The van der Waals surface area contributed by atoms with Crippen LogP contribution in [0.1, 0.15) is 19.4 Å². The number of hydrogen-bond donors (Lipinski definition) is 2. The molecule has 0 aliphatic carbocycles. The third-order valence-electron chi connectivity index (χ3n) is 4.53. The van der Waals surface area contributed by atoms with Crippen LogP contribution in [-0.2, 0) is 6.54 Å². The Morgan fingerprint density at radius 1 is 1.11 bits per heavy atom. The maximum Gasteiger partial charge on any atom is 0.214 e. The topological polar surface area (TPSA) is 58.1 Å². The molecule has 3 rings (SSSR count). The van der Waals surface area contributed by atoms with E-state index in [1.165, 1.54) is 11.3 Å². The Bertz CT molecular complexity index is 928. The summed E-state index contributed by atoms with van der Waals surface area (Å²) in [6.45, 7) is 6.97. The van der Waals surface area contributed by atoms with E-state index in [0.717, 1.165) is 24.4 Å². The van der Waals surface area contributed by atoms with E-state index < -0.39 is 0 Å². The summed E-state index contributed by atoms with van der Waals surface area (Å²) in [4.78, 5) is 2.32. The zero-order valence-corrected chi connectivity index (χ0v) is 16.7. The minimum atomic E-state index is 0.510. The number of nitrogens with one attached hydrogen (secondary N) is 2. The Hall–Kier alpha value is -2.80. The molecule has 0 atom stereocenters. The van der Waals surface area contributed by atoms with E-state index in [1.807, 2.05) is 24.3 Å². The fraction of sp³-hybridized carbons (Fsp3) is 0.300. The van der Waals surface area contributed by atoms with Crippen molar-refractivity contribution >= 4 is 17.9 Å². The third-order valence-corrected chi connectivity index (χ3v) is 4.80. The van der Waals surface area contributed by atoms with E-state index in [1.54, 1.807) is 11.8 Å². The van der Waals surface area contributed by atoms with Crippen LogP contribution in [0.4, 0.5) is 5.69 Å². The third kappa shape index (κ3) is 4.14. The first kappa shape index (κ1) is 19.0. The first-order valence-corrected chi connectivity index (χ1v) is 9.47. The van der Waals surface area contributed by atoms with Crippen LogP contribution in [-0.4, -0.2) is 35.1 Å². The molecule has 142 valence electrons. The lowest BCUT2D eigenvalue weighted by atomic mass is 10.2. The second-order valence-corrected chi connectivity index (χ2v) is 6.45. The molecule has 0 aliphatic rings. The number of rotatable bonds is 8. The lowest BCUT2D eigenvalue weighted by molar-refractivity contribution is 0.416. The van der Waals surface area contributed by atoms with E-state index in [-0.39, 0.29) is 0 Å². The molecular weight excluding hydrogens is 358 g/mol. The summed E-state index contributed by atoms with van der Waals surface area (Å²) >= 11 is 5.39. The molecule has 0 saturated carbocycles. The number of ether oxygens (including phenoxy) is 1. The average Bonchev–Trinajstić information content (AvgIpc) is 3.08. The van der Waals surface area contributed by atoms with Gasteiger partial charge < -0.3 is 15.1 Å². The van der Waals surface area contributed by atoms with Crippen molar-refractivity contribution in [1.29, 1.82) is 0 Å². The van der Waals surface area contributed by atoms with Crippen LogP contribution in [0.25, 0.3) is 11.4 Å². The summed E-state index contributed by atoms with van der Waals surface area (Å²) in [5.74, 6) is 1.44. The summed E-state index contributed by atoms with van der Waals surface area (Å²) < 4.78 is 7.74. The van der Waals surface area contributed by atoms with E-state index in [0.29, 0.717) is 17.1 Å². The minimum Gasteiger partial charge on any atom is -0.496 e. The molecule has 27 heavy (non-hydrogen) atoms. The molecule has 3 aromatic rings. The van der Waals surface area contributed by atoms with E-state index in [9.17, 15) is 0 Å². The maximum absolute atomic E-state index is 5.45. The molecule has 0 fully saturated rings. The number of H-pyrrole nitrogens is 1. The molecule has 2 aromatic carbocycles. The molecule has 0 unspecified atom stereocenters. The first-order chi connectivity index (χ1) is 13.2. The molecule has 1 aromatic heterocycles. The van der Waals surface area contributed by atoms with E-state index in [2.05, 4.69) is 58.6 Å². The Balaban J connectivity index is 1.79. The number of methoxy groups -OCH3 is 1. The van der Waals surface area contributed by atoms with Gasteiger partial charge in [0, 0.05) is 18.8 Å². The van der Waals surface area contributed by atoms with Crippen molar-refractivity contribution in [1.82, 2.24) is 14.9 Å². The Morgan fingerprint density at radius 3 is 2.48 bits per heavy atom. The molecule has 1 heterocycles. The zero-order chi connectivity index (χ0) is 19.2. The summed E-state index contributed by atoms with van der Waals surface area (Å²) in [5.41, 5.74) is 6.63. The monoisotopic (exact) mass is 383 g/mol. The van der Waals surface area contributed by atoms with Gasteiger partial charge in [-0.1, -0.05) is 24.3 Å². The lowest BCUT2D eigenvalue weighted by Crippen LogP contribution is -2.21. The van der Waals surface area contributed by atoms with Crippen LogP contribution in [0, 0.1) is 4.77 Å². The summed E-state index contributed by atoms with van der Waals surface area (Å²) in [6, 6.07) is 16.3. The van der Waals surface area contributed by atoms with Crippen molar-refractivity contribution in [3.63, 3.8) is 0 Å². The number of hydrogen-bond acceptors (Lipinski definition) is 5. The molecule has 0 radical (unpaired) electrons. The van der Waals surface area contributed by atoms with Gasteiger partial charge >= 0.3 is 0 Å². The van der Waals surface area contributed by atoms with Gasteiger partial charge in [-0.05, 0) is 55.9 Å². The average molecular weight is 384 g/mol. The second kappa shape index (κ2) is 8.73. The van der Waals surface area contributed by atoms with E-state index in [4.69, 9.17) is 17.0 Å². The Morgan fingerprint density at radius 2 is 1.81 bits per heavy atom. The highest BCUT2D eigenvalue weighted by atomic mass is 32.1. The number of para-hydroxylation sites is 1. The largest absolute Gasteiger partial charge is 0.496 e. The smallest absolute Gasteiger partial charge is 0.214 e. The maximum atomic E-state index is 5.45. The lowest BCUT2D eigenvalue weighted by Gasteiger charge is -2.21. The molecule has 0 saturated heterocycles. The molecule has 0 spiro atoms. The first-order valence-electron chi connectivity index (χ1n) is 9.06. The standard InChI is InChI=1S/C20H25N5OS/c1-4-24(5-2)16-12-10-15(11-13-16)14-21-25-19(22-23-20(25)27)17-8-6-7-9-18(17)26-3/h6-13,21H,4-5,14H2,1-3H3,(H,23,27). The van der Waals surface area contributed by atoms with Crippen LogP contribution in [0.5, 0.6) is 5.75 Å². The number of anilines is 1. The van der Waals surface area contributed by atoms with E-state index >= 15 is 0 Å². The van der Waals surface area contributed by atoms with Crippen LogP contribution in [0.2, 0.25) is 0 Å². The van der Waals surface area contributed by atoms with Gasteiger partial charge in [0.2, 0.25) is 4.77 Å². The predicted molar refractivity (Wildman–Crippen MR) is 112 cm³/mol. The Kier molecular flexibility index (Phi) is 6.13. The van der Waals surface area contributed by atoms with Gasteiger partial charge in [-0.3, -0.25) is 0 Å². The quantitative estimate of drug-likeness (QED) is 0.571. The predicted octanol–water partition coefficient (Wildman–Crippen LogP) is 4.21. The van der Waals surface area contributed by atoms with Crippen molar-refractivity contribution in [2.24, 2.45) is 0 Å². The number of benzene rings is 2. The summed E-state index contributed by atoms with van der Waals surface area (Å²) in [6.07, 6.45) is 0. The van der Waals surface area contributed by atoms with Crippen molar-refractivity contribution < 1.29 is 4.74 Å². The molecular formula is C20H25N5OS. The fourth-order valence-electron chi connectivity index (χ4n) is 3.04. The number of aromatic amines is 1. The van der Waals surface area contributed by atoms with Crippen LogP contribution in [0.3, 0.4) is 0 Å².